The third-order valence-electron chi connectivity index (χ3n) is 4.33. The maximum atomic E-state index is 13.9. The van der Waals surface area contributed by atoms with Gasteiger partial charge in [-0.3, -0.25) is 9.69 Å². The van der Waals surface area contributed by atoms with E-state index in [1.54, 1.807) is 17.0 Å². The molecule has 0 aromatic heterocycles. The van der Waals surface area contributed by atoms with Gasteiger partial charge >= 0.3 is 0 Å². The van der Waals surface area contributed by atoms with Crippen LogP contribution in [0.4, 0.5) is 4.39 Å². The molecular formula is C15H20BrClFN3O. The average molecular weight is 393 g/mol. The Kier molecular flexibility index (Phi) is 6.20. The first kappa shape index (κ1) is 17.7. The lowest BCUT2D eigenvalue weighted by Crippen LogP contribution is -2.52. The second-order valence-electron chi connectivity index (χ2n) is 5.57. The molecule has 1 amide bonds. The number of rotatable bonds is 2. The van der Waals surface area contributed by atoms with Gasteiger partial charge in [0.25, 0.3) is 5.91 Å². The molecule has 0 spiro atoms. The number of hydrogen-bond donors (Lipinski definition) is 1. The van der Waals surface area contributed by atoms with Gasteiger partial charge in [0.05, 0.1) is 5.56 Å². The van der Waals surface area contributed by atoms with Gasteiger partial charge in [-0.1, -0.05) is 6.07 Å². The lowest BCUT2D eigenvalue weighted by molar-refractivity contribution is 0.0578. The third-order valence-corrected chi connectivity index (χ3v) is 4.99. The highest BCUT2D eigenvalue weighted by molar-refractivity contribution is 9.10. The molecule has 2 aliphatic rings. The van der Waals surface area contributed by atoms with Crippen LogP contribution in [0.1, 0.15) is 16.8 Å². The highest BCUT2D eigenvalue weighted by atomic mass is 79.9. The number of benzene rings is 1. The summed E-state index contributed by atoms with van der Waals surface area (Å²) in [5.74, 6) is -0.680. The summed E-state index contributed by atoms with van der Waals surface area (Å²) in [4.78, 5) is 16.7. The molecule has 0 saturated carbocycles. The monoisotopic (exact) mass is 391 g/mol. The largest absolute Gasteiger partial charge is 0.336 e. The van der Waals surface area contributed by atoms with Crippen molar-refractivity contribution in [2.24, 2.45) is 0 Å². The number of nitrogens with zero attached hydrogens (tertiary/aromatic N) is 2. The van der Waals surface area contributed by atoms with Gasteiger partial charge in [-0.2, -0.15) is 0 Å². The Morgan fingerprint density at radius 1 is 1.27 bits per heavy atom. The van der Waals surface area contributed by atoms with Crippen LogP contribution in [0.3, 0.4) is 0 Å². The van der Waals surface area contributed by atoms with Crippen molar-refractivity contribution >= 4 is 34.2 Å². The number of carbonyl (C=O) groups excluding carboxylic acids is 1. The van der Waals surface area contributed by atoms with E-state index in [1.807, 2.05) is 0 Å². The Hall–Kier alpha value is -0.690. The number of nitrogens with one attached hydrogen (secondary N) is 1. The molecule has 2 heterocycles. The molecular weight excluding hydrogens is 373 g/mol. The second-order valence-corrected chi connectivity index (χ2v) is 6.43. The van der Waals surface area contributed by atoms with Crippen LogP contribution in [0, 0.1) is 5.82 Å². The Labute approximate surface area is 144 Å². The van der Waals surface area contributed by atoms with E-state index >= 15 is 0 Å². The van der Waals surface area contributed by atoms with E-state index in [0.717, 1.165) is 26.2 Å². The minimum atomic E-state index is -0.461. The molecule has 4 nitrogen and oxygen atoms in total. The van der Waals surface area contributed by atoms with Crippen LogP contribution in [0.15, 0.2) is 22.7 Å². The van der Waals surface area contributed by atoms with Crippen molar-refractivity contribution in [3.63, 3.8) is 0 Å². The first-order valence-corrected chi connectivity index (χ1v) is 8.14. The van der Waals surface area contributed by atoms with E-state index < -0.39 is 5.82 Å². The van der Waals surface area contributed by atoms with Gasteiger partial charge in [-0.15, -0.1) is 12.4 Å². The summed E-state index contributed by atoms with van der Waals surface area (Å²) < 4.78 is 14.4. The smallest absolute Gasteiger partial charge is 0.258 e. The maximum Gasteiger partial charge on any atom is 0.258 e. The molecule has 2 aliphatic heterocycles. The van der Waals surface area contributed by atoms with Crippen molar-refractivity contribution in [2.75, 3.05) is 39.3 Å². The fourth-order valence-corrected chi connectivity index (χ4v) is 3.61. The third kappa shape index (κ3) is 3.62. The molecule has 0 radical (unpaired) electrons. The number of carbonyl (C=O) groups is 1. The van der Waals surface area contributed by atoms with E-state index in [4.69, 9.17) is 0 Å². The van der Waals surface area contributed by atoms with Crippen LogP contribution in [0.25, 0.3) is 0 Å². The van der Waals surface area contributed by atoms with Gasteiger partial charge in [0.15, 0.2) is 0 Å². The Morgan fingerprint density at radius 3 is 2.59 bits per heavy atom. The number of halogens is 3. The second kappa shape index (κ2) is 7.73. The molecule has 0 bridgehead atoms. The lowest BCUT2D eigenvalue weighted by atomic mass is 10.1. The molecule has 7 heteroatoms. The van der Waals surface area contributed by atoms with Crippen molar-refractivity contribution in [1.29, 1.82) is 0 Å². The minimum absolute atomic E-state index is 0. The zero-order valence-corrected chi connectivity index (χ0v) is 14.6. The van der Waals surface area contributed by atoms with Crippen LogP contribution in [0.2, 0.25) is 0 Å². The van der Waals surface area contributed by atoms with Crippen LogP contribution in [-0.2, 0) is 0 Å². The Morgan fingerprint density at radius 2 is 2.00 bits per heavy atom. The van der Waals surface area contributed by atoms with Gasteiger partial charge in [0, 0.05) is 43.2 Å². The van der Waals surface area contributed by atoms with E-state index in [1.165, 1.54) is 12.5 Å². The van der Waals surface area contributed by atoms with Crippen molar-refractivity contribution in [3.8, 4) is 0 Å². The van der Waals surface area contributed by atoms with Crippen molar-refractivity contribution < 1.29 is 9.18 Å². The molecule has 3 rings (SSSR count). The zero-order valence-electron chi connectivity index (χ0n) is 12.2. The van der Waals surface area contributed by atoms with Crippen LogP contribution in [0.5, 0.6) is 0 Å². The zero-order chi connectivity index (χ0) is 14.8. The predicted octanol–water partition coefficient (Wildman–Crippen LogP) is 2.13. The summed E-state index contributed by atoms with van der Waals surface area (Å²) in [6.07, 6.45) is 1.17. The fraction of sp³-hybridized carbons (Fsp3) is 0.533. The normalized spacial score (nSPS) is 22.5. The highest BCUT2D eigenvalue weighted by Crippen LogP contribution is 2.22. The quantitative estimate of drug-likeness (QED) is 0.837. The first-order chi connectivity index (χ1) is 10.2. The standard InChI is InChI=1S/C15H19BrFN3O.ClH/c16-12-2-1-3-13(17)14(12)15(21)20-8-6-19(7-9-20)11-4-5-18-10-11;/h1-3,11,18H,4-10H2;1H. The van der Waals surface area contributed by atoms with Gasteiger partial charge < -0.3 is 10.2 Å². The van der Waals surface area contributed by atoms with Crippen LogP contribution >= 0.6 is 28.3 Å². The molecule has 22 heavy (non-hydrogen) atoms. The Bertz CT molecular complexity index is 511. The van der Waals surface area contributed by atoms with Crippen molar-refractivity contribution in [2.45, 2.75) is 12.5 Å². The summed E-state index contributed by atoms with van der Waals surface area (Å²) in [6.45, 7) is 5.17. The number of piperazine rings is 1. The molecule has 1 unspecified atom stereocenters. The summed E-state index contributed by atoms with van der Waals surface area (Å²) >= 11 is 3.27. The van der Waals surface area contributed by atoms with Crippen molar-refractivity contribution in [1.82, 2.24) is 15.1 Å². The van der Waals surface area contributed by atoms with Gasteiger partial charge in [0.1, 0.15) is 5.82 Å². The van der Waals surface area contributed by atoms with E-state index in [-0.39, 0.29) is 23.9 Å². The van der Waals surface area contributed by atoms with Gasteiger partial charge in [0.2, 0.25) is 0 Å². The molecule has 2 saturated heterocycles. The summed E-state index contributed by atoms with van der Waals surface area (Å²) in [5.41, 5.74) is 0.147. The van der Waals surface area contributed by atoms with E-state index in [9.17, 15) is 9.18 Å². The lowest BCUT2D eigenvalue weighted by Gasteiger charge is -2.37. The Balaban J connectivity index is 0.00000176. The molecule has 2 fully saturated rings. The first-order valence-electron chi connectivity index (χ1n) is 7.35. The summed E-state index contributed by atoms with van der Waals surface area (Å²) in [6, 6.07) is 5.22. The molecule has 0 aliphatic carbocycles. The molecule has 1 aromatic carbocycles. The topological polar surface area (TPSA) is 35.6 Å². The minimum Gasteiger partial charge on any atom is -0.336 e. The van der Waals surface area contributed by atoms with Gasteiger partial charge in [-0.05, 0) is 41.0 Å². The van der Waals surface area contributed by atoms with Crippen LogP contribution in [-0.4, -0.2) is 61.0 Å². The summed E-state index contributed by atoms with van der Waals surface area (Å²) in [5, 5.41) is 3.37. The number of hydrogen-bond acceptors (Lipinski definition) is 3. The predicted molar refractivity (Wildman–Crippen MR) is 90.1 cm³/mol. The molecule has 1 atom stereocenters. The summed E-state index contributed by atoms with van der Waals surface area (Å²) in [7, 11) is 0. The van der Waals surface area contributed by atoms with Crippen molar-refractivity contribution in [3.05, 3.63) is 34.1 Å². The molecule has 1 aromatic rings. The number of amides is 1. The van der Waals surface area contributed by atoms with E-state index in [2.05, 4.69) is 26.1 Å². The maximum absolute atomic E-state index is 13.9. The SMILES string of the molecule is Cl.O=C(c1c(F)cccc1Br)N1CCN(C2CCNC2)CC1. The highest BCUT2D eigenvalue weighted by Gasteiger charge is 2.29. The fourth-order valence-electron chi connectivity index (χ4n) is 3.10. The van der Waals surface area contributed by atoms with Gasteiger partial charge in [-0.25, -0.2) is 4.39 Å². The molecule has 122 valence electrons. The average Bonchev–Trinajstić information content (AvgIpc) is 3.01. The molecule has 1 N–H and O–H groups in total. The van der Waals surface area contributed by atoms with Crippen LogP contribution < -0.4 is 5.32 Å². The van der Waals surface area contributed by atoms with E-state index in [0.29, 0.717) is 23.6 Å².